The lowest BCUT2D eigenvalue weighted by atomic mass is 9.64. The van der Waals surface area contributed by atoms with Gasteiger partial charge in [0.25, 0.3) is 0 Å². The van der Waals surface area contributed by atoms with Crippen LogP contribution in [0, 0.1) is 16.2 Å². The number of rotatable bonds is 8. The van der Waals surface area contributed by atoms with E-state index in [0.29, 0.717) is 23.0 Å². The molecule has 2 aliphatic carbocycles. The van der Waals surface area contributed by atoms with Gasteiger partial charge in [0.15, 0.2) is 0 Å². The van der Waals surface area contributed by atoms with Crippen molar-refractivity contribution in [2.24, 2.45) is 16.2 Å². The first-order valence-electron chi connectivity index (χ1n) is 11.3. The molecule has 3 heteroatoms. The fourth-order valence-corrected chi connectivity index (χ4v) is 5.28. The summed E-state index contributed by atoms with van der Waals surface area (Å²) in [7, 11) is 0. The highest BCUT2D eigenvalue weighted by atomic mass is 16.5. The highest BCUT2D eigenvalue weighted by Crippen LogP contribution is 2.60. The summed E-state index contributed by atoms with van der Waals surface area (Å²) in [6.45, 7) is 12.7. The topological polar surface area (TPSA) is 46.5 Å². The van der Waals surface area contributed by atoms with Gasteiger partial charge in [-0.2, -0.15) is 0 Å². The van der Waals surface area contributed by atoms with Gasteiger partial charge >= 0.3 is 5.97 Å². The van der Waals surface area contributed by atoms with Crippen molar-refractivity contribution in [1.29, 1.82) is 0 Å². The Bertz CT molecular complexity index is 740. The molecule has 160 valence electrons. The van der Waals surface area contributed by atoms with Gasteiger partial charge in [-0.3, -0.25) is 0 Å². The standard InChI is InChI=1S/C26H38O3/c1-6-7-8-13-26(18-29-20-11-9-19(10-12-20)23(27)28)16-21-22(17-26)25(4,5)15-14-24(21,2)3/h9-12H,6-8,13-18H2,1-5H3,(H,27,28). The Balaban J connectivity index is 1.79. The monoisotopic (exact) mass is 398 g/mol. The van der Waals surface area contributed by atoms with Gasteiger partial charge in [-0.1, -0.05) is 65.0 Å². The zero-order valence-corrected chi connectivity index (χ0v) is 18.9. The van der Waals surface area contributed by atoms with Crippen LogP contribution in [0.5, 0.6) is 5.75 Å². The number of aromatic carboxylic acids is 1. The van der Waals surface area contributed by atoms with Gasteiger partial charge in [0, 0.05) is 5.41 Å². The van der Waals surface area contributed by atoms with Crippen molar-refractivity contribution in [2.45, 2.75) is 86.0 Å². The first-order chi connectivity index (χ1) is 13.6. The number of benzene rings is 1. The molecule has 0 aliphatic heterocycles. The second kappa shape index (κ2) is 8.16. The second-order valence-electron chi connectivity index (χ2n) is 10.7. The molecule has 0 bridgehead atoms. The molecule has 0 heterocycles. The van der Waals surface area contributed by atoms with Gasteiger partial charge in [0.05, 0.1) is 12.2 Å². The summed E-state index contributed by atoms with van der Waals surface area (Å²) in [6.07, 6.45) is 9.78. The molecule has 1 N–H and O–H groups in total. The van der Waals surface area contributed by atoms with Gasteiger partial charge in [-0.15, -0.1) is 0 Å². The molecule has 0 aromatic heterocycles. The summed E-state index contributed by atoms with van der Waals surface area (Å²) >= 11 is 0. The first-order valence-corrected chi connectivity index (χ1v) is 11.3. The zero-order valence-electron chi connectivity index (χ0n) is 18.9. The summed E-state index contributed by atoms with van der Waals surface area (Å²) < 4.78 is 6.28. The molecule has 2 aliphatic rings. The van der Waals surface area contributed by atoms with Crippen LogP contribution in [-0.4, -0.2) is 17.7 Å². The molecule has 0 saturated heterocycles. The molecule has 29 heavy (non-hydrogen) atoms. The smallest absolute Gasteiger partial charge is 0.335 e. The molecule has 0 atom stereocenters. The van der Waals surface area contributed by atoms with Crippen molar-refractivity contribution in [3.8, 4) is 5.75 Å². The van der Waals surface area contributed by atoms with Gasteiger partial charge in [-0.25, -0.2) is 4.79 Å². The summed E-state index contributed by atoms with van der Waals surface area (Å²) in [4.78, 5) is 11.1. The molecule has 0 fully saturated rings. The SMILES string of the molecule is CCCCCC1(COc2ccc(C(=O)O)cc2)CC2=C(C1)C(C)(C)CCC2(C)C. The molecule has 1 aromatic carbocycles. The number of carbonyl (C=O) groups is 1. The lowest BCUT2D eigenvalue weighted by Gasteiger charge is -2.41. The lowest BCUT2D eigenvalue weighted by molar-refractivity contribution is 0.0696. The Hall–Kier alpha value is -1.77. The quantitative estimate of drug-likeness (QED) is 0.370. The van der Waals surface area contributed by atoms with Crippen LogP contribution in [0.1, 0.15) is 96.3 Å². The Morgan fingerprint density at radius 3 is 2.00 bits per heavy atom. The maximum Gasteiger partial charge on any atom is 0.335 e. The van der Waals surface area contributed by atoms with Crippen LogP contribution in [0.4, 0.5) is 0 Å². The van der Waals surface area contributed by atoms with E-state index in [1.807, 2.05) is 0 Å². The normalized spacial score (nSPS) is 21.7. The van der Waals surface area contributed by atoms with E-state index >= 15 is 0 Å². The van der Waals surface area contributed by atoms with Crippen molar-refractivity contribution in [3.63, 3.8) is 0 Å². The van der Waals surface area contributed by atoms with Crippen LogP contribution in [0.25, 0.3) is 0 Å². The van der Waals surface area contributed by atoms with E-state index in [9.17, 15) is 4.79 Å². The third-order valence-corrected chi connectivity index (χ3v) is 7.43. The Morgan fingerprint density at radius 2 is 1.52 bits per heavy atom. The number of hydrogen-bond acceptors (Lipinski definition) is 2. The summed E-state index contributed by atoms with van der Waals surface area (Å²) in [5, 5.41) is 9.11. The number of carboxylic acid groups (broad SMARTS) is 1. The molecule has 0 unspecified atom stereocenters. The van der Waals surface area contributed by atoms with Crippen molar-refractivity contribution in [1.82, 2.24) is 0 Å². The van der Waals surface area contributed by atoms with Crippen LogP contribution in [-0.2, 0) is 0 Å². The molecular weight excluding hydrogens is 360 g/mol. The number of hydrogen-bond donors (Lipinski definition) is 1. The fraction of sp³-hybridized carbons (Fsp3) is 0.654. The average Bonchev–Trinajstić information content (AvgIpc) is 3.07. The highest BCUT2D eigenvalue weighted by Gasteiger charge is 2.49. The predicted molar refractivity (Wildman–Crippen MR) is 119 cm³/mol. The maximum absolute atomic E-state index is 11.1. The van der Waals surface area contributed by atoms with Crippen molar-refractivity contribution < 1.29 is 14.6 Å². The third-order valence-electron chi connectivity index (χ3n) is 7.43. The largest absolute Gasteiger partial charge is 0.493 e. The van der Waals surface area contributed by atoms with Gasteiger partial charge in [-0.05, 0) is 67.2 Å². The van der Waals surface area contributed by atoms with Crippen LogP contribution in [0.3, 0.4) is 0 Å². The van der Waals surface area contributed by atoms with Crippen molar-refractivity contribution in [2.75, 3.05) is 6.61 Å². The van der Waals surface area contributed by atoms with Gasteiger partial charge in [0.2, 0.25) is 0 Å². The van der Waals surface area contributed by atoms with E-state index in [-0.39, 0.29) is 5.41 Å². The molecule has 0 amide bonds. The summed E-state index contributed by atoms with van der Waals surface area (Å²) in [5.74, 6) is -0.127. The highest BCUT2D eigenvalue weighted by molar-refractivity contribution is 5.87. The van der Waals surface area contributed by atoms with Crippen LogP contribution in [0.15, 0.2) is 35.4 Å². The third kappa shape index (κ3) is 4.70. The predicted octanol–water partition coefficient (Wildman–Crippen LogP) is 7.27. The zero-order chi connectivity index (χ0) is 21.3. The van der Waals surface area contributed by atoms with Crippen LogP contribution < -0.4 is 4.74 Å². The Morgan fingerprint density at radius 1 is 0.966 bits per heavy atom. The maximum atomic E-state index is 11.1. The van der Waals surface area contributed by atoms with E-state index in [2.05, 4.69) is 34.6 Å². The second-order valence-corrected chi connectivity index (χ2v) is 10.7. The van der Waals surface area contributed by atoms with E-state index in [0.717, 1.165) is 18.6 Å². The Kier molecular flexibility index (Phi) is 6.17. The molecule has 0 saturated carbocycles. The average molecular weight is 399 g/mol. The van der Waals surface area contributed by atoms with E-state index in [1.54, 1.807) is 35.4 Å². The van der Waals surface area contributed by atoms with Gasteiger partial charge in [0.1, 0.15) is 5.75 Å². The molecule has 0 radical (unpaired) electrons. The summed E-state index contributed by atoms with van der Waals surface area (Å²) in [6, 6.07) is 6.84. The molecular formula is C26H38O3. The minimum atomic E-state index is -0.898. The Labute approximate surface area is 176 Å². The number of ether oxygens (including phenoxy) is 1. The fourth-order valence-electron chi connectivity index (χ4n) is 5.28. The minimum absolute atomic E-state index is 0.171. The molecule has 3 rings (SSSR count). The number of carboxylic acids is 1. The van der Waals surface area contributed by atoms with Crippen LogP contribution in [0.2, 0.25) is 0 Å². The van der Waals surface area contributed by atoms with Crippen molar-refractivity contribution >= 4 is 5.97 Å². The van der Waals surface area contributed by atoms with Crippen LogP contribution >= 0.6 is 0 Å². The lowest BCUT2D eigenvalue weighted by Crippen LogP contribution is -2.28. The van der Waals surface area contributed by atoms with E-state index < -0.39 is 5.97 Å². The molecule has 1 aromatic rings. The first kappa shape index (κ1) is 21.9. The summed E-state index contributed by atoms with van der Waals surface area (Å²) in [5.41, 5.74) is 4.44. The minimum Gasteiger partial charge on any atom is -0.493 e. The van der Waals surface area contributed by atoms with E-state index in [1.165, 1.54) is 38.5 Å². The van der Waals surface area contributed by atoms with Gasteiger partial charge < -0.3 is 9.84 Å². The number of unbranched alkanes of at least 4 members (excludes halogenated alkanes) is 2. The van der Waals surface area contributed by atoms with E-state index in [4.69, 9.17) is 9.84 Å². The molecule has 3 nitrogen and oxygen atoms in total. The molecule has 0 spiro atoms. The number of allylic oxidation sites excluding steroid dienone is 2. The van der Waals surface area contributed by atoms with Crippen molar-refractivity contribution in [3.05, 3.63) is 41.0 Å².